The van der Waals surface area contributed by atoms with E-state index in [1.807, 2.05) is 12.3 Å². The van der Waals surface area contributed by atoms with Crippen molar-refractivity contribution in [1.82, 2.24) is 4.98 Å². The molecule has 3 heteroatoms. The summed E-state index contributed by atoms with van der Waals surface area (Å²) in [7, 11) is 0. The number of alkyl halides is 1. The van der Waals surface area contributed by atoms with Crippen molar-refractivity contribution in [2.24, 2.45) is 0 Å². The fourth-order valence-corrected chi connectivity index (χ4v) is 1.91. The van der Waals surface area contributed by atoms with Crippen LogP contribution in [0.1, 0.15) is 6.92 Å². The first kappa shape index (κ1) is 8.08. The van der Waals surface area contributed by atoms with Gasteiger partial charge in [0.15, 0.2) is 0 Å². The van der Waals surface area contributed by atoms with Gasteiger partial charge in [0.05, 0.1) is 4.16 Å². The molecule has 0 spiro atoms. The topological polar surface area (TPSA) is 12.9 Å². The summed E-state index contributed by atoms with van der Waals surface area (Å²) in [5.41, 5.74) is 0. The van der Waals surface area contributed by atoms with E-state index >= 15 is 0 Å². The van der Waals surface area contributed by atoms with E-state index in [1.54, 1.807) is 18.0 Å². The summed E-state index contributed by atoms with van der Waals surface area (Å²) in [6, 6.07) is 3.99. The molecule has 1 rings (SSSR count). The largest absolute Gasteiger partial charge is 0.264 e. The molecule has 0 fully saturated rings. The summed E-state index contributed by atoms with van der Waals surface area (Å²) in [4.78, 5) is 5.20. The predicted octanol–water partition coefficient (Wildman–Crippen LogP) is 2.91. The molecule has 0 N–H and O–H groups in total. The van der Waals surface area contributed by atoms with Crippen molar-refractivity contribution in [1.29, 1.82) is 0 Å². The van der Waals surface area contributed by atoms with Gasteiger partial charge < -0.3 is 0 Å². The van der Waals surface area contributed by atoms with E-state index in [0.29, 0.717) is 4.16 Å². The highest BCUT2D eigenvalue weighted by atomic mass is 79.9. The van der Waals surface area contributed by atoms with E-state index in [4.69, 9.17) is 0 Å². The third-order valence-electron chi connectivity index (χ3n) is 0.933. The molecule has 1 heterocycles. The molecule has 1 atom stereocenters. The minimum atomic E-state index is 0.455. The molecule has 0 aliphatic carbocycles. The maximum Gasteiger partial charge on any atom is 0.0619 e. The maximum atomic E-state index is 4.00. The Morgan fingerprint density at radius 2 is 2.50 bits per heavy atom. The van der Waals surface area contributed by atoms with Crippen LogP contribution < -0.4 is 0 Å². The number of halogens is 1. The Morgan fingerprint density at radius 1 is 1.70 bits per heavy atom. The van der Waals surface area contributed by atoms with E-state index < -0.39 is 0 Å². The number of rotatable bonds is 2. The predicted molar refractivity (Wildman–Crippen MR) is 48.5 cm³/mol. The number of aromatic nitrogens is 1. The van der Waals surface area contributed by atoms with Gasteiger partial charge in [-0.2, -0.15) is 0 Å². The zero-order chi connectivity index (χ0) is 7.40. The molecule has 1 unspecified atom stereocenters. The van der Waals surface area contributed by atoms with Gasteiger partial charge >= 0.3 is 0 Å². The van der Waals surface area contributed by atoms with Gasteiger partial charge in [0.2, 0.25) is 0 Å². The van der Waals surface area contributed by atoms with Crippen molar-refractivity contribution >= 4 is 27.7 Å². The standard InChI is InChI=1S/C7H8BrNS/c1-6(8)10-7-3-2-4-9-5-7/h2-6H,1H3. The first-order valence-corrected chi connectivity index (χ1v) is 4.79. The van der Waals surface area contributed by atoms with Crippen LogP contribution in [0, 0.1) is 0 Å². The fourth-order valence-electron chi connectivity index (χ4n) is 0.604. The van der Waals surface area contributed by atoms with E-state index in [9.17, 15) is 0 Å². The highest BCUT2D eigenvalue weighted by molar-refractivity contribution is 9.11. The highest BCUT2D eigenvalue weighted by Crippen LogP contribution is 2.25. The molecule has 0 aliphatic heterocycles. The van der Waals surface area contributed by atoms with Crippen molar-refractivity contribution in [2.75, 3.05) is 0 Å². The van der Waals surface area contributed by atoms with Gasteiger partial charge in [0.1, 0.15) is 0 Å². The Kier molecular flexibility index (Phi) is 3.22. The normalized spacial score (nSPS) is 13.0. The summed E-state index contributed by atoms with van der Waals surface area (Å²) in [6.45, 7) is 2.09. The zero-order valence-corrected chi connectivity index (χ0v) is 8.02. The SMILES string of the molecule is CC(Br)Sc1cccnc1. The second-order valence-electron chi connectivity index (χ2n) is 1.85. The molecule has 0 bridgehead atoms. The van der Waals surface area contributed by atoms with Crippen LogP contribution >= 0.6 is 27.7 Å². The molecule has 0 radical (unpaired) electrons. The Labute approximate surface area is 73.4 Å². The van der Waals surface area contributed by atoms with Crippen molar-refractivity contribution in [3.05, 3.63) is 24.5 Å². The minimum absolute atomic E-state index is 0.455. The number of pyridine rings is 1. The van der Waals surface area contributed by atoms with Crippen molar-refractivity contribution in [3.63, 3.8) is 0 Å². The second-order valence-corrected chi connectivity index (χ2v) is 5.24. The zero-order valence-electron chi connectivity index (χ0n) is 5.62. The van der Waals surface area contributed by atoms with Crippen LogP contribution in [0.25, 0.3) is 0 Å². The van der Waals surface area contributed by atoms with E-state index in [-0.39, 0.29) is 0 Å². The lowest BCUT2D eigenvalue weighted by Crippen LogP contribution is -1.80. The molecule has 0 saturated carbocycles. The van der Waals surface area contributed by atoms with E-state index in [2.05, 4.69) is 33.9 Å². The molecular weight excluding hydrogens is 210 g/mol. The first-order chi connectivity index (χ1) is 4.79. The number of nitrogens with zero attached hydrogens (tertiary/aromatic N) is 1. The Morgan fingerprint density at radius 3 is 3.00 bits per heavy atom. The quantitative estimate of drug-likeness (QED) is 0.559. The molecule has 0 aromatic carbocycles. The Bertz CT molecular complexity index is 188. The summed E-state index contributed by atoms with van der Waals surface area (Å²) in [5.74, 6) is 0. The van der Waals surface area contributed by atoms with Gasteiger partial charge in [-0.3, -0.25) is 4.98 Å². The fraction of sp³-hybridized carbons (Fsp3) is 0.286. The maximum absolute atomic E-state index is 4.00. The van der Waals surface area contributed by atoms with E-state index in [0.717, 1.165) is 0 Å². The minimum Gasteiger partial charge on any atom is -0.264 e. The molecular formula is C7H8BrNS. The van der Waals surface area contributed by atoms with E-state index in [1.165, 1.54) is 4.90 Å². The van der Waals surface area contributed by atoms with Gasteiger partial charge in [-0.25, -0.2) is 0 Å². The van der Waals surface area contributed by atoms with Crippen LogP contribution in [-0.2, 0) is 0 Å². The lowest BCUT2D eigenvalue weighted by Gasteiger charge is -2.00. The van der Waals surface area contributed by atoms with Crippen LogP contribution in [-0.4, -0.2) is 9.14 Å². The summed E-state index contributed by atoms with van der Waals surface area (Å²) in [5, 5.41) is 0. The van der Waals surface area contributed by atoms with Crippen LogP contribution in [0.2, 0.25) is 0 Å². The lowest BCUT2D eigenvalue weighted by atomic mass is 10.5. The van der Waals surface area contributed by atoms with Crippen molar-refractivity contribution in [3.8, 4) is 0 Å². The molecule has 54 valence electrons. The van der Waals surface area contributed by atoms with Gasteiger partial charge in [-0.05, 0) is 19.1 Å². The molecule has 1 aromatic rings. The van der Waals surface area contributed by atoms with Gasteiger partial charge in [-0.1, -0.05) is 15.9 Å². The summed E-state index contributed by atoms with van der Waals surface area (Å²) >= 11 is 5.20. The molecule has 10 heavy (non-hydrogen) atoms. The van der Waals surface area contributed by atoms with Crippen LogP contribution in [0.15, 0.2) is 29.4 Å². The molecule has 0 aliphatic rings. The van der Waals surface area contributed by atoms with Crippen molar-refractivity contribution in [2.45, 2.75) is 16.0 Å². The van der Waals surface area contributed by atoms with Gasteiger partial charge in [0.25, 0.3) is 0 Å². The lowest BCUT2D eigenvalue weighted by molar-refractivity contribution is 1.23. The highest BCUT2D eigenvalue weighted by Gasteiger charge is 1.96. The smallest absolute Gasteiger partial charge is 0.0619 e. The second kappa shape index (κ2) is 3.98. The van der Waals surface area contributed by atoms with Crippen LogP contribution in [0.3, 0.4) is 0 Å². The third-order valence-corrected chi connectivity index (χ3v) is 2.33. The Balaban J connectivity index is 2.59. The number of hydrogen-bond acceptors (Lipinski definition) is 2. The van der Waals surface area contributed by atoms with Gasteiger partial charge in [0, 0.05) is 17.3 Å². The number of hydrogen-bond donors (Lipinski definition) is 0. The summed E-state index contributed by atoms with van der Waals surface area (Å²) < 4.78 is 0.455. The van der Waals surface area contributed by atoms with Gasteiger partial charge in [-0.15, -0.1) is 11.8 Å². The van der Waals surface area contributed by atoms with Crippen molar-refractivity contribution < 1.29 is 0 Å². The molecule has 0 amide bonds. The molecule has 1 nitrogen and oxygen atoms in total. The monoisotopic (exact) mass is 217 g/mol. The average Bonchev–Trinajstić information content (AvgIpc) is 1.88. The Hall–Kier alpha value is -0.0200. The van der Waals surface area contributed by atoms with Crippen LogP contribution in [0.5, 0.6) is 0 Å². The molecule has 0 saturated heterocycles. The third kappa shape index (κ3) is 2.71. The first-order valence-electron chi connectivity index (χ1n) is 3.00. The average molecular weight is 218 g/mol. The molecule has 1 aromatic heterocycles. The summed E-state index contributed by atoms with van der Waals surface area (Å²) in [6.07, 6.45) is 3.64. The van der Waals surface area contributed by atoms with Crippen LogP contribution in [0.4, 0.5) is 0 Å². The number of thioether (sulfide) groups is 1.